The first-order valence-corrected chi connectivity index (χ1v) is 12.2. The van der Waals surface area contributed by atoms with Gasteiger partial charge in [0.2, 0.25) is 10.0 Å². The molecule has 29 heavy (non-hydrogen) atoms. The van der Waals surface area contributed by atoms with E-state index in [9.17, 15) is 13.5 Å². The molecule has 1 N–H and O–H groups in total. The van der Waals surface area contributed by atoms with E-state index in [0.29, 0.717) is 44.2 Å². The van der Waals surface area contributed by atoms with Crippen molar-refractivity contribution in [3.63, 3.8) is 0 Å². The lowest BCUT2D eigenvalue weighted by Gasteiger charge is -2.35. The summed E-state index contributed by atoms with van der Waals surface area (Å²) >= 11 is 0. The van der Waals surface area contributed by atoms with Crippen molar-refractivity contribution in [2.45, 2.75) is 49.2 Å². The molecule has 0 saturated carbocycles. The second-order valence-corrected chi connectivity index (χ2v) is 10.3. The van der Waals surface area contributed by atoms with Crippen LogP contribution in [0.4, 0.5) is 0 Å². The summed E-state index contributed by atoms with van der Waals surface area (Å²) < 4.78 is 38.7. The topological polar surface area (TPSA) is 79.3 Å². The van der Waals surface area contributed by atoms with Crippen molar-refractivity contribution in [2.75, 3.05) is 52.5 Å². The predicted octanol–water partition coefficient (Wildman–Crippen LogP) is 1.04. The summed E-state index contributed by atoms with van der Waals surface area (Å²) in [6.07, 6.45) is 4.82. The molecule has 1 aromatic rings. The zero-order chi connectivity index (χ0) is 20.3. The Bertz CT molecular complexity index is 786. The van der Waals surface area contributed by atoms with Gasteiger partial charge in [0.1, 0.15) is 0 Å². The smallest absolute Gasteiger partial charge is 0.243 e. The number of aliphatic hydroxyl groups excluding tert-OH is 1. The van der Waals surface area contributed by atoms with Crippen LogP contribution in [0.25, 0.3) is 0 Å². The highest BCUT2D eigenvalue weighted by Crippen LogP contribution is 2.26. The molecule has 2 heterocycles. The number of benzene rings is 1. The summed E-state index contributed by atoms with van der Waals surface area (Å²) in [5.74, 6) is 0. The molecule has 7 nitrogen and oxygen atoms in total. The molecular weight excluding hydrogens is 392 g/mol. The van der Waals surface area contributed by atoms with Crippen LogP contribution in [0.15, 0.2) is 23.1 Å². The fourth-order valence-corrected chi connectivity index (χ4v) is 5.95. The number of rotatable bonds is 8. The third-order valence-corrected chi connectivity index (χ3v) is 8.04. The SMILES string of the molecule is O=S(=O)(c1ccc2c(c1)CCC2)N1CCN(CC(O)COCC2CCCO2)CC1. The Balaban J connectivity index is 1.23. The van der Waals surface area contributed by atoms with E-state index < -0.39 is 16.1 Å². The van der Waals surface area contributed by atoms with Crippen LogP contribution in [0.2, 0.25) is 0 Å². The van der Waals surface area contributed by atoms with Crippen molar-refractivity contribution >= 4 is 10.0 Å². The van der Waals surface area contributed by atoms with Gasteiger partial charge in [-0.2, -0.15) is 4.31 Å². The summed E-state index contributed by atoms with van der Waals surface area (Å²) in [7, 11) is -3.45. The van der Waals surface area contributed by atoms with Gasteiger partial charge in [-0.3, -0.25) is 4.90 Å². The lowest BCUT2D eigenvalue weighted by Crippen LogP contribution is -2.50. The van der Waals surface area contributed by atoms with Crippen molar-refractivity contribution in [1.29, 1.82) is 0 Å². The number of hydrogen-bond acceptors (Lipinski definition) is 6. The maximum absolute atomic E-state index is 13.0. The van der Waals surface area contributed by atoms with Gasteiger partial charge in [-0.05, 0) is 55.4 Å². The second kappa shape index (κ2) is 9.41. The maximum Gasteiger partial charge on any atom is 0.243 e. The quantitative estimate of drug-likeness (QED) is 0.672. The van der Waals surface area contributed by atoms with Gasteiger partial charge in [0, 0.05) is 39.3 Å². The third-order valence-electron chi connectivity index (χ3n) is 6.15. The molecule has 0 amide bonds. The van der Waals surface area contributed by atoms with Crippen LogP contribution in [-0.4, -0.2) is 87.5 Å². The molecule has 1 aromatic carbocycles. The molecule has 0 radical (unpaired) electrons. The van der Waals surface area contributed by atoms with Crippen molar-refractivity contribution < 1.29 is 23.0 Å². The first kappa shape index (κ1) is 21.2. The first-order valence-electron chi connectivity index (χ1n) is 10.7. The van der Waals surface area contributed by atoms with Crippen LogP contribution in [0.3, 0.4) is 0 Å². The lowest BCUT2D eigenvalue weighted by molar-refractivity contribution is -0.0270. The molecule has 2 atom stereocenters. The Hall–Kier alpha value is -1.03. The van der Waals surface area contributed by atoms with E-state index in [2.05, 4.69) is 4.90 Å². The van der Waals surface area contributed by atoms with E-state index in [1.165, 1.54) is 11.1 Å². The normalized spacial score (nSPS) is 24.7. The number of β-amino-alcohol motifs (C(OH)–C–C–N with tert-alkyl or cyclic N) is 1. The van der Waals surface area contributed by atoms with Gasteiger partial charge >= 0.3 is 0 Å². The van der Waals surface area contributed by atoms with Gasteiger partial charge in [-0.15, -0.1) is 0 Å². The third kappa shape index (κ3) is 5.18. The average molecular weight is 425 g/mol. The second-order valence-electron chi connectivity index (χ2n) is 8.32. The summed E-state index contributed by atoms with van der Waals surface area (Å²) in [5.41, 5.74) is 2.46. The largest absolute Gasteiger partial charge is 0.389 e. The molecular formula is C21H32N2O5S. The van der Waals surface area contributed by atoms with Crippen LogP contribution in [0, 0.1) is 0 Å². The maximum atomic E-state index is 13.0. The standard InChI is InChI=1S/C21H32N2O5S/c24-19(15-27-16-20-5-2-12-28-20)14-22-8-10-23(11-9-22)29(25,26)21-7-6-17-3-1-4-18(17)13-21/h6-7,13,19-20,24H,1-5,8-12,14-16H2. The first-order chi connectivity index (χ1) is 14.0. The zero-order valence-electron chi connectivity index (χ0n) is 17.0. The Morgan fingerprint density at radius 2 is 1.93 bits per heavy atom. The molecule has 3 aliphatic rings. The number of ether oxygens (including phenoxy) is 2. The van der Waals surface area contributed by atoms with Crippen molar-refractivity contribution in [1.82, 2.24) is 9.21 Å². The zero-order valence-corrected chi connectivity index (χ0v) is 17.8. The molecule has 0 bridgehead atoms. The fraction of sp³-hybridized carbons (Fsp3) is 0.714. The lowest BCUT2D eigenvalue weighted by atomic mass is 10.1. The van der Waals surface area contributed by atoms with Crippen molar-refractivity contribution in [3.05, 3.63) is 29.3 Å². The number of fused-ring (bicyclic) bond motifs is 1. The monoisotopic (exact) mass is 424 g/mol. The number of nitrogens with zero attached hydrogens (tertiary/aromatic N) is 2. The molecule has 0 spiro atoms. The molecule has 2 aliphatic heterocycles. The average Bonchev–Trinajstić information content (AvgIpc) is 3.39. The number of aryl methyl sites for hydroxylation is 2. The van der Waals surface area contributed by atoms with Crippen LogP contribution in [0.1, 0.15) is 30.4 Å². The van der Waals surface area contributed by atoms with E-state index in [4.69, 9.17) is 9.47 Å². The van der Waals surface area contributed by atoms with Crippen LogP contribution in [-0.2, 0) is 32.3 Å². The minimum Gasteiger partial charge on any atom is -0.389 e. The minimum absolute atomic E-state index is 0.162. The summed E-state index contributed by atoms with van der Waals surface area (Å²) in [6.45, 7) is 4.25. The van der Waals surface area contributed by atoms with E-state index in [1.807, 2.05) is 12.1 Å². The van der Waals surface area contributed by atoms with Crippen LogP contribution >= 0.6 is 0 Å². The van der Waals surface area contributed by atoms with E-state index in [0.717, 1.165) is 38.7 Å². The fourth-order valence-electron chi connectivity index (χ4n) is 4.47. The molecule has 4 rings (SSSR count). The highest BCUT2D eigenvalue weighted by atomic mass is 32.2. The van der Waals surface area contributed by atoms with Gasteiger partial charge in [0.15, 0.2) is 0 Å². The number of hydrogen-bond donors (Lipinski definition) is 1. The van der Waals surface area contributed by atoms with Crippen molar-refractivity contribution in [2.24, 2.45) is 0 Å². The Morgan fingerprint density at radius 3 is 2.69 bits per heavy atom. The number of aliphatic hydroxyl groups is 1. The molecule has 162 valence electrons. The van der Waals surface area contributed by atoms with Crippen molar-refractivity contribution in [3.8, 4) is 0 Å². The van der Waals surface area contributed by atoms with Gasteiger partial charge in [-0.1, -0.05) is 6.07 Å². The predicted molar refractivity (Wildman–Crippen MR) is 109 cm³/mol. The van der Waals surface area contributed by atoms with Crippen LogP contribution < -0.4 is 0 Å². The van der Waals surface area contributed by atoms with Gasteiger partial charge in [-0.25, -0.2) is 8.42 Å². The number of sulfonamides is 1. The van der Waals surface area contributed by atoms with Gasteiger partial charge < -0.3 is 14.6 Å². The van der Waals surface area contributed by atoms with E-state index >= 15 is 0 Å². The molecule has 1 aliphatic carbocycles. The van der Waals surface area contributed by atoms with E-state index in [1.54, 1.807) is 10.4 Å². The highest BCUT2D eigenvalue weighted by Gasteiger charge is 2.30. The molecule has 0 aromatic heterocycles. The van der Waals surface area contributed by atoms with Gasteiger partial charge in [0.05, 0.1) is 30.3 Å². The molecule has 8 heteroatoms. The molecule has 2 saturated heterocycles. The summed E-state index contributed by atoms with van der Waals surface area (Å²) in [6, 6.07) is 5.58. The highest BCUT2D eigenvalue weighted by molar-refractivity contribution is 7.89. The molecule has 2 fully saturated rings. The Kier molecular flexibility index (Phi) is 6.88. The Morgan fingerprint density at radius 1 is 1.14 bits per heavy atom. The van der Waals surface area contributed by atoms with Crippen LogP contribution in [0.5, 0.6) is 0 Å². The minimum atomic E-state index is -3.45. The van der Waals surface area contributed by atoms with E-state index in [-0.39, 0.29) is 12.7 Å². The number of piperazine rings is 1. The Labute approximate surface area is 173 Å². The summed E-state index contributed by atoms with van der Waals surface area (Å²) in [5, 5.41) is 10.2. The molecule has 2 unspecified atom stereocenters. The summed E-state index contributed by atoms with van der Waals surface area (Å²) in [4.78, 5) is 2.52. The van der Waals surface area contributed by atoms with Gasteiger partial charge in [0.25, 0.3) is 0 Å².